The summed E-state index contributed by atoms with van der Waals surface area (Å²) in [4.78, 5) is 16.3. The first-order chi connectivity index (χ1) is 13.2. The molecule has 28 heavy (non-hydrogen) atoms. The van der Waals surface area contributed by atoms with Gasteiger partial charge in [0.15, 0.2) is 5.96 Å². The van der Waals surface area contributed by atoms with Crippen LogP contribution in [-0.4, -0.2) is 31.5 Å². The Kier molecular flexibility index (Phi) is 11.9. The molecule has 0 unspecified atom stereocenters. The van der Waals surface area contributed by atoms with Gasteiger partial charge in [-0.2, -0.15) is 0 Å². The molecule has 0 saturated carbocycles. The van der Waals surface area contributed by atoms with Gasteiger partial charge in [0.25, 0.3) is 0 Å². The molecule has 5 nitrogen and oxygen atoms in total. The summed E-state index contributed by atoms with van der Waals surface area (Å²) in [5.74, 6) is 0.394. The van der Waals surface area contributed by atoms with E-state index in [1.807, 2.05) is 43.3 Å². The molecule has 0 radical (unpaired) electrons. The van der Waals surface area contributed by atoms with Gasteiger partial charge >= 0.3 is 0 Å². The van der Waals surface area contributed by atoms with E-state index in [9.17, 15) is 9.18 Å². The van der Waals surface area contributed by atoms with Crippen LogP contribution in [0, 0.1) is 5.82 Å². The van der Waals surface area contributed by atoms with E-state index >= 15 is 0 Å². The van der Waals surface area contributed by atoms with Crippen LogP contribution >= 0.6 is 24.0 Å². The maximum absolute atomic E-state index is 13.6. The number of carbonyl (C=O) groups excluding carboxylic acids is 1. The van der Waals surface area contributed by atoms with E-state index in [-0.39, 0.29) is 35.7 Å². The van der Waals surface area contributed by atoms with Crippen LogP contribution < -0.4 is 16.0 Å². The highest BCUT2D eigenvalue weighted by Crippen LogP contribution is 2.06. The summed E-state index contributed by atoms with van der Waals surface area (Å²) in [6.07, 6.45) is 0.880. The number of halogens is 2. The summed E-state index contributed by atoms with van der Waals surface area (Å²) in [5, 5.41) is 9.18. The fourth-order valence-electron chi connectivity index (χ4n) is 2.51. The molecule has 0 spiro atoms. The third-order valence-corrected chi connectivity index (χ3v) is 3.93. The van der Waals surface area contributed by atoms with E-state index in [0.29, 0.717) is 50.5 Å². The maximum atomic E-state index is 13.6. The molecule has 0 aliphatic carbocycles. The van der Waals surface area contributed by atoms with Gasteiger partial charge in [0.1, 0.15) is 5.82 Å². The van der Waals surface area contributed by atoms with Crippen molar-refractivity contribution in [1.82, 2.24) is 16.0 Å². The first-order valence-electron chi connectivity index (χ1n) is 9.25. The maximum Gasteiger partial charge on any atom is 0.222 e. The van der Waals surface area contributed by atoms with Crippen LogP contribution in [0.3, 0.4) is 0 Å². The van der Waals surface area contributed by atoms with Gasteiger partial charge in [-0.3, -0.25) is 9.79 Å². The number of amides is 1. The van der Waals surface area contributed by atoms with Crippen molar-refractivity contribution in [3.63, 3.8) is 0 Å². The Morgan fingerprint density at radius 3 is 2.43 bits per heavy atom. The smallest absolute Gasteiger partial charge is 0.222 e. The third kappa shape index (κ3) is 9.16. The zero-order chi connectivity index (χ0) is 19.3. The highest BCUT2D eigenvalue weighted by atomic mass is 127. The molecule has 3 N–H and O–H groups in total. The van der Waals surface area contributed by atoms with E-state index in [1.165, 1.54) is 6.07 Å². The number of guanidine groups is 1. The SMILES string of the molecule is CCNC(=NCCC(=O)NCc1ccccc1)NCCc1ccccc1F.I. The first-order valence-corrected chi connectivity index (χ1v) is 9.25. The van der Waals surface area contributed by atoms with E-state index < -0.39 is 0 Å². The lowest BCUT2D eigenvalue weighted by Crippen LogP contribution is -2.38. The quantitative estimate of drug-likeness (QED) is 0.283. The Morgan fingerprint density at radius 2 is 1.71 bits per heavy atom. The molecular formula is C21H28FIN4O. The number of nitrogens with zero attached hydrogens (tertiary/aromatic N) is 1. The Morgan fingerprint density at radius 1 is 1.00 bits per heavy atom. The second-order valence-electron chi connectivity index (χ2n) is 6.04. The molecular weight excluding hydrogens is 470 g/mol. The minimum atomic E-state index is -0.198. The van der Waals surface area contributed by atoms with Crippen LogP contribution in [0.15, 0.2) is 59.6 Å². The van der Waals surface area contributed by atoms with Crippen LogP contribution in [-0.2, 0) is 17.8 Å². The Balaban J connectivity index is 0.00000392. The van der Waals surface area contributed by atoms with Crippen LogP contribution in [0.2, 0.25) is 0 Å². The number of hydrogen-bond acceptors (Lipinski definition) is 2. The molecule has 0 aromatic heterocycles. The summed E-state index contributed by atoms with van der Waals surface area (Å²) in [6.45, 7) is 4.15. The van der Waals surface area contributed by atoms with Gasteiger partial charge in [0, 0.05) is 26.1 Å². The topological polar surface area (TPSA) is 65.5 Å². The molecule has 0 saturated heterocycles. The van der Waals surface area contributed by atoms with E-state index in [1.54, 1.807) is 12.1 Å². The van der Waals surface area contributed by atoms with Gasteiger partial charge in [0.2, 0.25) is 5.91 Å². The zero-order valence-corrected chi connectivity index (χ0v) is 18.4. The predicted octanol–water partition coefficient (Wildman–Crippen LogP) is 3.25. The lowest BCUT2D eigenvalue weighted by molar-refractivity contribution is -0.121. The summed E-state index contributed by atoms with van der Waals surface area (Å²) in [5.41, 5.74) is 1.73. The van der Waals surface area contributed by atoms with Gasteiger partial charge in [-0.1, -0.05) is 48.5 Å². The van der Waals surface area contributed by atoms with Crippen molar-refractivity contribution in [2.45, 2.75) is 26.3 Å². The summed E-state index contributed by atoms with van der Waals surface area (Å²) < 4.78 is 13.6. The predicted molar refractivity (Wildman–Crippen MR) is 122 cm³/mol. The highest BCUT2D eigenvalue weighted by molar-refractivity contribution is 14.0. The minimum Gasteiger partial charge on any atom is -0.357 e. The molecule has 0 aliphatic heterocycles. The van der Waals surface area contributed by atoms with Crippen molar-refractivity contribution >= 4 is 35.8 Å². The monoisotopic (exact) mass is 498 g/mol. The molecule has 0 bridgehead atoms. The van der Waals surface area contributed by atoms with Gasteiger partial charge in [-0.15, -0.1) is 24.0 Å². The second-order valence-corrected chi connectivity index (χ2v) is 6.04. The molecule has 2 aromatic rings. The van der Waals surface area contributed by atoms with Crippen molar-refractivity contribution < 1.29 is 9.18 Å². The van der Waals surface area contributed by atoms with E-state index in [4.69, 9.17) is 0 Å². The number of aliphatic imine (C=N–C) groups is 1. The average molecular weight is 498 g/mol. The lowest BCUT2D eigenvalue weighted by atomic mass is 10.1. The molecule has 2 aromatic carbocycles. The Labute approximate surface area is 183 Å². The molecule has 0 aliphatic rings. The largest absolute Gasteiger partial charge is 0.357 e. The highest BCUT2D eigenvalue weighted by Gasteiger charge is 2.03. The fourth-order valence-corrected chi connectivity index (χ4v) is 2.51. The van der Waals surface area contributed by atoms with E-state index in [0.717, 1.165) is 5.56 Å². The Hall–Kier alpha value is -2.16. The number of rotatable bonds is 9. The van der Waals surface area contributed by atoms with Crippen LogP contribution in [0.4, 0.5) is 4.39 Å². The fraction of sp³-hybridized carbons (Fsp3) is 0.333. The van der Waals surface area contributed by atoms with Crippen molar-refractivity contribution in [2.24, 2.45) is 4.99 Å². The Bertz CT molecular complexity index is 740. The van der Waals surface area contributed by atoms with Crippen LogP contribution in [0.1, 0.15) is 24.5 Å². The van der Waals surface area contributed by atoms with Crippen molar-refractivity contribution in [2.75, 3.05) is 19.6 Å². The average Bonchev–Trinajstić information content (AvgIpc) is 2.68. The van der Waals surface area contributed by atoms with E-state index in [2.05, 4.69) is 20.9 Å². The molecule has 152 valence electrons. The van der Waals surface area contributed by atoms with Gasteiger partial charge in [0.05, 0.1) is 6.54 Å². The van der Waals surface area contributed by atoms with Gasteiger partial charge < -0.3 is 16.0 Å². The van der Waals surface area contributed by atoms with Crippen molar-refractivity contribution in [3.05, 3.63) is 71.5 Å². The summed E-state index contributed by atoms with van der Waals surface area (Å²) in [6, 6.07) is 16.5. The molecule has 0 heterocycles. The second kappa shape index (κ2) is 13.9. The molecule has 2 rings (SSSR count). The summed E-state index contributed by atoms with van der Waals surface area (Å²) >= 11 is 0. The molecule has 7 heteroatoms. The summed E-state index contributed by atoms with van der Waals surface area (Å²) in [7, 11) is 0. The standard InChI is InChI=1S/C21H27FN4O.HI/c1-2-23-21(24-14-12-18-10-6-7-11-19(18)22)25-15-13-20(27)26-16-17-8-4-3-5-9-17;/h3-11H,2,12-16H2,1H3,(H,26,27)(H2,23,24,25);1H. The van der Waals surface area contributed by atoms with Crippen molar-refractivity contribution in [1.29, 1.82) is 0 Å². The number of hydrogen-bond donors (Lipinski definition) is 3. The van der Waals surface area contributed by atoms with Gasteiger partial charge in [-0.05, 0) is 30.5 Å². The number of nitrogens with one attached hydrogen (secondary N) is 3. The molecule has 0 atom stereocenters. The minimum absolute atomic E-state index is 0. The van der Waals surface area contributed by atoms with Gasteiger partial charge in [-0.25, -0.2) is 4.39 Å². The van der Waals surface area contributed by atoms with Crippen LogP contribution in [0.25, 0.3) is 0 Å². The molecule has 1 amide bonds. The lowest BCUT2D eigenvalue weighted by Gasteiger charge is -2.11. The zero-order valence-electron chi connectivity index (χ0n) is 16.1. The third-order valence-electron chi connectivity index (χ3n) is 3.93. The van der Waals surface area contributed by atoms with Crippen LogP contribution in [0.5, 0.6) is 0 Å². The van der Waals surface area contributed by atoms with Crippen molar-refractivity contribution in [3.8, 4) is 0 Å². The number of benzene rings is 2. The number of carbonyl (C=O) groups is 1. The molecule has 0 fully saturated rings. The first kappa shape index (κ1) is 23.9. The normalized spacial score (nSPS) is 10.7.